The first-order valence-corrected chi connectivity index (χ1v) is 8.94. The lowest BCUT2D eigenvalue weighted by Gasteiger charge is -2.42. The molecule has 0 radical (unpaired) electrons. The van der Waals surface area contributed by atoms with Crippen LogP contribution < -0.4 is 19.6 Å². The molecule has 1 aromatic rings. The lowest BCUT2D eigenvalue weighted by molar-refractivity contribution is -0.123. The lowest BCUT2D eigenvalue weighted by atomic mass is 10.0. The van der Waals surface area contributed by atoms with Crippen LogP contribution in [-0.2, 0) is 19.2 Å². The number of β-lactam (4-membered cyclic amide) rings is 4. The standard InChI is InChI=1S/C18H18N4O4/c23-15-1-5-19(15)11-9-13(21-7-3-17(21)25)14(22-8-4-18(22)26)10-12(11)20-6-2-16(20)24/h9-10H,1-8H2. The van der Waals surface area contributed by atoms with Gasteiger partial charge in [-0.3, -0.25) is 19.2 Å². The zero-order valence-electron chi connectivity index (χ0n) is 14.2. The van der Waals surface area contributed by atoms with Crippen LogP contribution in [0, 0.1) is 0 Å². The minimum atomic E-state index is 0.00730. The third kappa shape index (κ3) is 2.01. The maximum Gasteiger partial charge on any atom is 0.228 e. The molecule has 0 saturated carbocycles. The Morgan fingerprint density at radius 3 is 0.808 bits per heavy atom. The van der Waals surface area contributed by atoms with Gasteiger partial charge in [0.15, 0.2) is 0 Å². The molecule has 0 N–H and O–H groups in total. The minimum Gasteiger partial charge on any atom is -0.310 e. The van der Waals surface area contributed by atoms with Crippen LogP contribution in [0.1, 0.15) is 25.7 Å². The summed E-state index contributed by atoms with van der Waals surface area (Å²) in [6.07, 6.45) is 1.94. The van der Waals surface area contributed by atoms with Gasteiger partial charge < -0.3 is 19.6 Å². The van der Waals surface area contributed by atoms with E-state index in [1.807, 2.05) is 0 Å². The molecular formula is C18H18N4O4. The quantitative estimate of drug-likeness (QED) is 0.743. The van der Waals surface area contributed by atoms with Crippen LogP contribution in [0.3, 0.4) is 0 Å². The van der Waals surface area contributed by atoms with E-state index in [2.05, 4.69) is 0 Å². The van der Waals surface area contributed by atoms with E-state index in [0.717, 1.165) is 0 Å². The van der Waals surface area contributed by atoms with Crippen molar-refractivity contribution in [2.24, 2.45) is 0 Å². The normalized spacial score (nSPS) is 22.2. The van der Waals surface area contributed by atoms with E-state index in [1.54, 1.807) is 31.7 Å². The first-order valence-electron chi connectivity index (χ1n) is 8.94. The van der Waals surface area contributed by atoms with Crippen molar-refractivity contribution in [3.63, 3.8) is 0 Å². The number of benzene rings is 1. The number of hydrogen-bond donors (Lipinski definition) is 0. The molecule has 4 saturated heterocycles. The highest BCUT2D eigenvalue weighted by Crippen LogP contribution is 2.46. The second-order valence-corrected chi connectivity index (χ2v) is 7.01. The van der Waals surface area contributed by atoms with Gasteiger partial charge in [-0.25, -0.2) is 0 Å². The average Bonchev–Trinajstić information content (AvgIpc) is 2.59. The van der Waals surface area contributed by atoms with Gasteiger partial charge >= 0.3 is 0 Å². The van der Waals surface area contributed by atoms with Crippen molar-refractivity contribution in [3.05, 3.63) is 12.1 Å². The molecular weight excluding hydrogens is 336 g/mol. The third-order valence-electron chi connectivity index (χ3n) is 5.64. The number of carbonyl (C=O) groups is 4. The highest BCUT2D eigenvalue weighted by Gasteiger charge is 2.39. The van der Waals surface area contributed by atoms with Crippen molar-refractivity contribution in [3.8, 4) is 0 Å². The summed E-state index contributed by atoms with van der Waals surface area (Å²) in [6, 6.07) is 3.60. The number of nitrogens with zero attached hydrogens (tertiary/aromatic N) is 4. The highest BCUT2D eigenvalue weighted by molar-refractivity contribution is 6.13. The van der Waals surface area contributed by atoms with Crippen molar-refractivity contribution in [1.82, 2.24) is 0 Å². The fraction of sp³-hybridized carbons (Fsp3) is 0.444. The molecule has 0 bridgehead atoms. The molecule has 4 heterocycles. The molecule has 0 atom stereocenters. The second-order valence-electron chi connectivity index (χ2n) is 7.01. The molecule has 0 aliphatic carbocycles. The molecule has 0 aromatic heterocycles. The molecule has 1 aromatic carbocycles. The molecule has 26 heavy (non-hydrogen) atoms. The summed E-state index contributed by atoms with van der Waals surface area (Å²) < 4.78 is 0. The Morgan fingerprint density at radius 1 is 0.462 bits per heavy atom. The number of amides is 4. The van der Waals surface area contributed by atoms with E-state index in [9.17, 15) is 19.2 Å². The van der Waals surface area contributed by atoms with Gasteiger partial charge in [-0.15, -0.1) is 0 Å². The summed E-state index contributed by atoms with van der Waals surface area (Å²) in [7, 11) is 0. The maximum atomic E-state index is 12.0. The number of anilines is 4. The molecule has 4 amide bonds. The molecule has 0 spiro atoms. The van der Waals surface area contributed by atoms with Crippen molar-refractivity contribution >= 4 is 46.4 Å². The van der Waals surface area contributed by atoms with Gasteiger partial charge in [0.05, 0.1) is 22.7 Å². The van der Waals surface area contributed by atoms with Gasteiger partial charge in [0.1, 0.15) is 0 Å². The number of hydrogen-bond acceptors (Lipinski definition) is 4. The van der Waals surface area contributed by atoms with Gasteiger partial charge in [-0.1, -0.05) is 0 Å². The average molecular weight is 354 g/mol. The van der Waals surface area contributed by atoms with Crippen molar-refractivity contribution in [1.29, 1.82) is 0 Å². The molecule has 5 rings (SSSR count). The Balaban J connectivity index is 1.66. The highest BCUT2D eigenvalue weighted by atomic mass is 16.2. The first kappa shape index (κ1) is 15.4. The van der Waals surface area contributed by atoms with Gasteiger partial charge in [0, 0.05) is 51.9 Å². The van der Waals surface area contributed by atoms with Gasteiger partial charge in [-0.05, 0) is 12.1 Å². The molecule has 0 unspecified atom stereocenters. The minimum absolute atomic E-state index is 0.00730. The smallest absolute Gasteiger partial charge is 0.228 e. The zero-order valence-corrected chi connectivity index (χ0v) is 14.2. The van der Waals surface area contributed by atoms with Crippen LogP contribution in [0.2, 0.25) is 0 Å². The Bertz CT molecular complexity index is 742. The summed E-state index contributed by atoms with van der Waals surface area (Å²) in [5, 5.41) is 0. The number of carbonyl (C=O) groups excluding carboxylic acids is 4. The van der Waals surface area contributed by atoms with Crippen LogP contribution in [0.5, 0.6) is 0 Å². The Labute approximate surface area is 149 Å². The third-order valence-corrected chi connectivity index (χ3v) is 5.64. The largest absolute Gasteiger partial charge is 0.310 e. The van der Waals surface area contributed by atoms with E-state index >= 15 is 0 Å². The summed E-state index contributed by atoms with van der Waals surface area (Å²) in [5.41, 5.74) is 2.61. The molecule has 134 valence electrons. The fourth-order valence-electron chi connectivity index (χ4n) is 3.70. The van der Waals surface area contributed by atoms with E-state index in [-0.39, 0.29) is 23.6 Å². The van der Waals surface area contributed by atoms with E-state index in [4.69, 9.17) is 0 Å². The van der Waals surface area contributed by atoms with E-state index in [0.29, 0.717) is 74.6 Å². The Hall–Kier alpha value is -2.90. The zero-order chi connectivity index (χ0) is 18.0. The lowest BCUT2D eigenvalue weighted by Crippen LogP contribution is -2.50. The fourth-order valence-corrected chi connectivity index (χ4v) is 3.70. The summed E-state index contributed by atoms with van der Waals surface area (Å²) >= 11 is 0. The van der Waals surface area contributed by atoms with Crippen LogP contribution in [0.4, 0.5) is 22.7 Å². The van der Waals surface area contributed by atoms with E-state index < -0.39 is 0 Å². The van der Waals surface area contributed by atoms with Crippen molar-refractivity contribution in [2.75, 3.05) is 45.8 Å². The Morgan fingerprint density at radius 2 is 0.692 bits per heavy atom. The van der Waals surface area contributed by atoms with Crippen LogP contribution >= 0.6 is 0 Å². The van der Waals surface area contributed by atoms with Crippen molar-refractivity contribution in [2.45, 2.75) is 25.7 Å². The van der Waals surface area contributed by atoms with Gasteiger partial charge in [0.25, 0.3) is 0 Å². The molecule has 4 aliphatic heterocycles. The first-order chi connectivity index (χ1) is 12.5. The summed E-state index contributed by atoms with van der Waals surface area (Å²) in [4.78, 5) is 54.8. The van der Waals surface area contributed by atoms with E-state index in [1.165, 1.54) is 0 Å². The number of rotatable bonds is 4. The maximum absolute atomic E-state index is 12.0. The van der Waals surface area contributed by atoms with Crippen molar-refractivity contribution < 1.29 is 19.2 Å². The Kier molecular flexibility index (Phi) is 3.13. The summed E-state index contributed by atoms with van der Waals surface area (Å²) in [6.45, 7) is 2.40. The summed E-state index contributed by atoms with van der Waals surface area (Å²) in [5.74, 6) is 0.0292. The van der Waals surface area contributed by atoms with Gasteiger partial charge in [-0.2, -0.15) is 0 Å². The van der Waals surface area contributed by atoms with Crippen LogP contribution in [0.15, 0.2) is 12.1 Å². The SMILES string of the molecule is O=C1CCN1c1cc(N2CCC2=O)c(N2CCC2=O)cc1N1CCC1=O. The monoisotopic (exact) mass is 354 g/mol. The predicted molar refractivity (Wildman–Crippen MR) is 94.3 cm³/mol. The molecule has 4 fully saturated rings. The van der Waals surface area contributed by atoms with Gasteiger partial charge in [0.2, 0.25) is 23.6 Å². The molecule has 8 heteroatoms. The molecule has 8 nitrogen and oxygen atoms in total. The van der Waals surface area contributed by atoms with Crippen LogP contribution in [-0.4, -0.2) is 49.8 Å². The topological polar surface area (TPSA) is 81.2 Å². The predicted octanol–water partition coefficient (Wildman–Crippen LogP) is 0.633. The van der Waals surface area contributed by atoms with Crippen LogP contribution in [0.25, 0.3) is 0 Å². The molecule has 4 aliphatic rings. The second kappa shape index (κ2) is 5.30.